The zero-order chi connectivity index (χ0) is 27.3. The Balaban J connectivity index is 0.000000236. The molecule has 3 heterocycles. The van der Waals surface area contributed by atoms with Crippen LogP contribution in [0.4, 0.5) is 13.2 Å². The van der Waals surface area contributed by atoms with Gasteiger partial charge in [-0.3, -0.25) is 4.21 Å². The maximum Gasteiger partial charge on any atom is 0.490 e. The number of piperidine rings is 1. The molecule has 2 saturated heterocycles. The van der Waals surface area contributed by atoms with Crippen LogP contribution < -0.4 is 5.73 Å². The highest BCUT2D eigenvalue weighted by Gasteiger charge is 2.38. The van der Waals surface area contributed by atoms with Crippen molar-refractivity contribution in [3.8, 4) is 0 Å². The van der Waals surface area contributed by atoms with Crippen LogP contribution in [0.15, 0.2) is 23.4 Å². The molecule has 1 aliphatic carbocycles. The second-order valence-electron chi connectivity index (χ2n) is 9.26. The molecule has 1 aromatic heterocycles. The van der Waals surface area contributed by atoms with Crippen molar-refractivity contribution in [2.75, 3.05) is 43.9 Å². The molecule has 0 radical (unpaired) electrons. The molecule has 37 heavy (non-hydrogen) atoms. The minimum Gasteiger partial charge on any atom is -0.475 e. The van der Waals surface area contributed by atoms with E-state index in [1.54, 1.807) is 18.0 Å². The summed E-state index contributed by atoms with van der Waals surface area (Å²) in [6, 6.07) is 3.93. The number of halogens is 3. The SMILES string of the molecule is CSc1cc(CN)ccn1.O=C(O)C(F)(F)F.O=S1CCN(SN2CCCC(C3CCCCC3)C2)CC1. The number of thioether (sulfide) groups is 1. The molecule has 3 aliphatic rings. The van der Waals surface area contributed by atoms with Crippen molar-refractivity contribution < 1.29 is 27.3 Å². The van der Waals surface area contributed by atoms with Crippen LogP contribution in [-0.4, -0.2) is 79.0 Å². The molecule has 1 saturated carbocycles. The number of rotatable bonds is 5. The lowest BCUT2D eigenvalue weighted by atomic mass is 9.77. The molecule has 0 amide bonds. The van der Waals surface area contributed by atoms with Crippen LogP contribution in [0.2, 0.25) is 0 Å². The first-order valence-corrected chi connectivity index (χ1v) is 16.1. The fourth-order valence-corrected chi connectivity index (χ4v) is 7.45. The predicted molar refractivity (Wildman–Crippen MR) is 146 cm³/mol. The minimum absolute atomic E-state index is 0.552. The summed E-state index contributed by atoms with van der Waals surface area (Å²) in [6.07, 6.45) is 8.87. The number of hydrogen-bond donors (Lipinski definition) is 2. The van der Waals surface area contributed by atoms with Crippen molar-refractivity contribution in [3.63, 3.8) is 0 Å². The van der Waals surface area contributed by atoms with Gasteiger partial charge in [0.25, 0.3) is 0 Å². The second-order valence-corrected chi connectivity index (χ2v) is 13.0. The lowest BCUT2D eigenvalue weighted by Crippen LogP contribution is -2.40. The Morgan fingerprint density at radius 2 is 1.73 bits per heavy atom. The third kappa shape index (κ3) is 12.7. The predicted octanol–water partition coefficient (Wildman–Crippen LogP) is 4.80. The van der Waals surface area contributed by atoms with E-state index < -0.39 is 22.9 Å². The lowest BCUT2D eigenvalue weighted by molar-refractivity contribution is -0.192. The van der Waals surface area contributed by atoms with Crippen LogP contribution in [-0.2, 0) is 22.1 Å². The number of carbonyl (C=O) groups is 1. The maximum absolute atomic E-state index is 11.4. The number of carboxylic acid groups (broad SMARTS) is 1. The average molecular weight is 585 g/mol. The number of pyridine rings is 1. The van der Waals surface area contributed by atoms with Crippen molar-refractivity contribution in [1.82, 2.24) is 13.6 Å². The van der Waals surface area contributed by atoms with Crippen LogP contribution in [0.5, 0.6) is 0 Å². The van der Waals surface area contributed by atoms with E-state index in [2.05, 4.69) is 13.6 Å². The zero-order valence-corrected chi connectivity index (χ0v) is 23.8. The molecule has 13 heteroatoms. The Hall–Kier alpha value is -0.860. The van der Waals surface area contributed by atoms with Crippen molar-refractivity contribution >= 4 is 40.7 Å². The van der Waals surface area contributed by atoms with Crippen LogP contribution in [0.3, 0.4) is 0 Å². The summed E-state index contributed by atoms with van der Waals surface area (Å²) in [5, 5.41) is 8.16. The Kier molecular flexibility index (Phi) is 14.8. The minimum atomic E-state index is -5.08. The quantitative estimate of drug-likeness (QED) is 0.373. The highest BCUT2D eigenvalue weighted by Crippen LogP contribution is 2.36. The van der Waals surface area contributed by atoms with Gasteiger partial charge < -0.3 is 10.8 Å². The van der Waals surface area contributed by atoms with Gasteiger partial charge in [0.05, 0.1) is 5.03 Å². The molecule has 1 atom stereocenters. The van der Waals surface area contributed by atoms with Gasteiger partial charge in [0.2, 0.25) is 0 Å². The summed E-state index contributed by atoms with van der Waals surface area (Å²) in [5.41, 5.74) is 6.57. The average Bonchev–Trinajstić information content (AvgIpc) is 2.91. The molecular formula is C24H39F3N4O3S3. The zero-order valence-electron chi connectivity index (χ0n) is 21.3. The molecule has 3 fully saturated rings. The summed E-state index contributed by atoms with van der Waals surface area (Å²) < 4.78 is 48.2. The van der Waals surface area contributed by atoms with E-state index in [4.69, 9.17) is 15.6 Å². The molecule has 2 aliphatic heterocycles. The van der Waals surface area contributed by atoms with E-state index in [0.717, 1.165) is 47.0 Å². The van der Waals surface area contributed by atoms with Gasteiger partial charge in [-0.05, 0) is 48.6 Å². The summed E-state index contributed by atoms with van der Waals surface area (Å²) in [7, 11) is -0.552. The van der Waals surface area contributed by atoms with Gasteiger partial charge in [-0.25, -0.2) is 18.4 Å². The lowest BCUT2D eigenvalue weighted by Gasteiger charge is -2.39. The monoisotopic (exact) mass is 584 g/mol. The third-order valence-corrected chi connectivity index (χ3v) is 9.67. The molecule has 3 N–H and O–H groups in total. The normalized spacial score (nSPS) is 22.4. The topological polar surface area (TPSA) is 99.8 Å². The van der Waals surface area contributed by atoms with E-state index >= 15 is 0 Å². The van der Waals surface area contributed by atoms with E-state index in [0.29, 0.717) is 6.54 Å². The first-order valence-electron chi connectivity index (χ1n) is 12.6. The molecule has 1 aromatic rings. The highest BCUT2D eigenvalue weighted by atomic mass is 32.2. The Morgan fingerprint density at radius 1 is 1.11 bits per heavy atom. The molecular weight excluding hydrogens is 545 g/mol. The van der Waals surface area contributed by atoms with E-state index in [1.165, 1.54) is 58.0 Å². The van der Waals surface area contributed by atoms with Crippen molar-refractivity contribution in [2.24, 2.45) is 17.6 Å². The summed E-state index contributed by atoms with van der Waals surface area (Å²) in [4.78, 5) is 13.0. The highest BCUT2D eigenvalue weighted by molar-refractivity contribution is 7.98. The van der Waals surface area contributed by atoms with E-state index in [-0.39, 0.29) is 0 Å². The van der Waals surface area contributed by atoms with Crippen LogP contribution in [0.1, 0.15) is 50.5 Å². The fraction of sp³-hybridized carbons (Fsp3) is 0.750. The van der Waals surface area contributed by atoms with Crippen molar-refractivity contribution in [1.29, 1.82) is 0 Å². The van der Waals surface area contributed by atoms with E-state index in [9.17, 15) is 17.4 Å². The number of aromatic nitrogens is 1. The fourth-order valence-electron chi connectivity index (χ4n) is 4.59. The first-order chi connectivity index (χ1) is 17.6. The van der Waals surface area contributed by atoms with E-state index in [1.807, 2.05) is 30.5 Å². The molecule has 7 nitrogen and oxygen atoms in total. The molecule has 4 rings (SSSR count). The molecule has 0 bridgehead atoms. The van der Waals surface area contributed by atoms with Gasteiger partial charge in [-0.1, -0.05) is 32.1 Å². The van der Waals surface area contributed by atoms with Gasteiger partial charge in [0, 0.05) is 73.4 Å². The first kappa shape index (κ1) is 32.4. The smallest absolute Gasteiger partial charge is 0.475 e. The van der Waals surface area contributed by atoms with Gasteiger partial charge in [0.1, 0.15) is 0 Å². The number of nitrogens with two attached hydrogens (primary N) is 1. The summed E-state index contributed by atoms with van der Waals surface area (Å²) in [6.45, 7) is 5.13. The van der Waals surface area contributed by atoms with Gasteiger partial charge >= 0.3 is 12.1 Å². The Labute approximate surface area is 229 Å². The Morgan fingerprint density at radius 3 is 2.30 bits per heavy atom. The maximum atomic E-state index is 11.4. The number of alkyl halides is 3. The standard InChI is InChI=1S/C15H28N2OS2.C7H10N2S.C2HF3O2/c18-20-11-9-16(10-12-20)19-17-8-4-7-15(13-17)14-5-2-1-3-6-14;1-10-7-4-6(5-8)2-3-9-7;3-2(4,5)1(6)7/h14-15H,1-13H2;2-4H,5,8H2,1H3;(H,6,7). The molecule has 0 spiro atoms. The number of nitrogens with zero attached hydrogens (tertiary/aromatic N) is 3. The van der Waals surface area contributed by atoms with Gasteiger partial charge in [0.15, 0.2) is 0 Å². The van der Waals surface area contributed by atoms with Gasteiger partial charge in [-0.15, -0.1) is 11.8 Å². The molecule has 0 aromatic carbocycles. The van der Waals surface area contributed by atoms with Crippen LogP contribution >= 0.6 is 23.9 Å². The number of aliphatic carboxylic acids is 1. The third-order valence-electron chi connectivity index (χ3n) is 6.59. The summed E-state index contributed by atoms with van der Waals surface area (Å²) >= 11 is 3.58. The number of hydrogen-bond acceptors (Lipinski definition) is 8. The van der Waals surface area contributed by atoms with Crippen LogP contribution in [0, 0.1) is 11.8 Å². The molecule has 1 unspecified atom stereocenters. The van der Waals surface area contributed by atoms with Crippen molar-refractivity contribution in [3.05, 3.63) is 23.9 Å². The van der Waals surface area contributed by atoms with Gasteiger partial charge in [-0.2, -0.15) is 13.2 Å². The molecule has 212 valence electrons. The van der Waals surface area contributed by atoms with Crippen molar-refractivity contribution in [2.45, 2.75) is 62.7 Å². The largest absolute Gasteiger partial charge is 0.490 e. The van der Waals surface area contributed by atoms with Crippen LogP contribution in [0.25, 0.3) is 0 Å². The second kappa shape index (κ2) is 17.0. The Bertz CT molecular complexity index is 816. The number of carboxylic acids is 1. The summed E-state index contributed by atoms with van der Waals surface area (Å²) in [5.74, 6) is 0.920.